The fourth-order valence-corrected chi connectivity index (χ4v) is 2.90. The van der Waals surface area contributed by atoms with E-state index in [-0.39, 0.29) is 12.6 Å². The Balaban J connectivity index is 2.06. The van der Waals surface area contributed by atoms with Crippen LogP contribution in [0.5, 0.6) is 11.5 Å². The van der Waals surface area contributed by atoms with Crippen LogP contribution in [0.4, 0.5) is 0 Å². The van der Waals surface area contributed by atoms with E-state index >= 15 is 0 Å². The van der Waals surface area contributed by atoms with Gasteiger partial charge in [0.25, 0.3) is 0 Å². The van der Waals surface area contributed by atoms with Gasteiger partial charge in [-0.05, 0) is 40.8 Å². The van der Waals surface area contributed by atoms with Crippen LogP contribution < -0.4 is 9.47 Å². The normalized spacial score (nSPS) is 15.1. The van der Waals surface area contributed by atoms with Gasteiger partial charge in [0.2, 0.25) is 0 Å². The van der Waals surface area contributed by atoms with Crippen LogP contribution in [0.2, 0.25) is 0 Å². The molecule has 25 heavy (non-hydrogen) atoms. The molecular formula is C21H22O4. The molecule has 130 valence electrons. The Hall–Kier alpha value is -2.75. The predicted octanol–water partition coefficient (Wildman–Crippen LogP) is 4.42. The molecule has 0 unspecified atom stereocenters. The topological polar surface area (TPSA) is 44.8 Å². The molecule has 0 saturated carbocycles. The Bertz CT molecular complexity index is 817. The quantitative estimate of drug-likeness (QED) is 0.611. The lowest BCUT2D eigenvalue weighted by Gasteiger charge is -2.21. The van der Waals surface area contributed by atoms with Gasteiger partial charge < -0.3 is 14.2 Å². The molecular weight excluding hydrogens is 316 g/mol. The Morgan fingerprint density at radius 3 is 2.28 bits per heavy atom. The minimum atomic E-state index is -0.326. The van der Waals surface area contributed by atoms with E-state index in [0.717, 1.165) is 16.7 Å². The van der Waals surface area contributed by atoms with E-state index in [0.29, 0.717) is 23.0 Å². The third-order valence-corrected chi connectivity index (χ3v) is 4.39. The van der Waals surface area contributed by atoms with Gasteiger partial charge in [-0.2, -0.15) is 0 Å². The molecule has 0 spiro atoms. The molecule has 0 aliphatic carbocycles. The summed E-state index contributed by atoms with van der Waals surface area (Å²) in [7, 11) is 3.17. The van der Waals surface area contributed by atoms with E-state index in [1.54, 1.807) is 14.2 Å². The van der Waals surface area contributed by atoms with Crippen LogP contribution in [0.25, 0.3) is 11.6 Å². The SMILES string of the molecule is COc1cc2c(cc1OC)/C(=C/c1ccc(C(C)C)cc1)C(=O)OC2. The van der Waals surface area contributed by atoms with Gasteiger partial charge in [-0.1, -0.05) is 38.1 Å². The van der Waals surface area contributed by atoms with Gasteiger partial charge in [0.15, 0.2) is 11.5 Å². The Morgan fingerprint density at radius 2 is 1.68 bits per heavy atom. The lowest BCUT2D eigenvalue weighted by molar-refractivity contribution is -0.138. The highest BCUT2D eigenvalue weighted by molar-refractivity contribution is 6.22. The molecule has 4 heteroatoms. The summed E-state index contributed by atoms with van der Waals surface area (Å²) in [5.41, 5.74) is 4.47. The van der Waals surface area contributed by atoms with Crippen LogP contribution in [0.1, 0.15) is 42.0 Å². The van der Waals surface area contributed by atoms with E-state index in [9.17, 15) is 4.79 Å². The first-order valence-electron chi connectivity index (χ1n) is 8.27. The standard InChI is InChI=1S/C21H22O4/c1-13(2)15-7-5-14(6-8-15)9-18-17-11-20(24-4)19(23-3)10-16(17)12-25-21(18)22/h5-11,13H,12H2,1-4H3/b18-9-. The molecule has 0 atom stereocenters. The highest BCUT2D eigenvalue weighted by Gasteiger charge is 2.25. The van der Waals surface area contributed by atoms with E-state index in [4.69, 9.17) is 14.2 Å². The minimum absolute atomic E-state index is 0.234. The fourth-order valence-electron chi connectivity index (χ4n) is 2.90. The van der Waals surface area contributed by atoms with Crippen molar-refractivity contribution in [3.05, 3.63) is 58.7 Å². The van der Waals surface area contributed by atoms with Crippen molar-refractivity contribution in [2.75, 3.05) is 14.2 Å². The lowest BCUT2D eigenvalue weighted by Crippen LogP contribution is -2.15. The molecule has 1 aliphatic rings. The summed E-state index contributed by atoms with van der Waals surface area (Å²) in [5, 5.41) is 0. The van der Waals surface area contributed by atoms with Gasteiger partial charge in [0.1, 0.15) is 6.61 Å². The number of hydrogen-bond donors (Lipinski definition) is 0. The van der Waals surface area contributed by atoms with Crippen molar-refractivity contribution in [2.45, 2.75) is 26.4 Å². The molecule has 3 rings (SSSR count). The Labute approximate surface area is 148 Å². The molecule has 0 fully saturated rings. The molecule has 1 heterocycles. The highest BCUT2D eigenvalue weighted by atomic mass is 16.5. The van der Waals surface area contributed by atoms with Crippen molar-refractivity contribution in [3.8, 4) is 11.5 Å². The van der Waals surface area contributed by atoms with Gasteiger partial charge in [-0.25, -0.2) is 4.79 Å². The number of methoxy groups -OCH3 is 2. The average Bonchev–Trinajstić information content (AvgIpc) is 2.63. The predicted molar refractivity (Wildman–Crippen MR) is 97.7 cm³/mol. The van der Waals surface area contributed by atoms with Crippen LogP contribution >= 0.6 is 0 Å². The van der Waals surface area contributed by atoms with E-state index < -0.39 is 0 Å². The summed E-state index contributed by atoms with van der Waals surface area (Å²) in [6.45, 7) is 4.54. The highest BCUT2D eigenvalue weighted by Crippen LogP contribution is 2.37. The fraction of sp³-hybridized carbons (Fsp3) is 0.286. The molecule has 0 saturated heterocycles. The summed E-state index contributed by atoms with van der Waals surface area (Å²) in [6, 6.07) is 11.9. The van der Waals surface area contributed by atoms with Crippen molar-refractivity contribution in [3.63, 3.8) is 0 Å². The number of hydrogen-bond acceptors (Lipinski definition) is 4. The zero-order valence-electron chi connectivity index (χ0n) is 15.0. The smallest absolute Gasteiger partial charge is 0.339 e. The van der Waals surface area contributed by atoms with E-state index in [1.165, 1.54) is 5.56 Å². The van der Waals surface area contributed by atoms with Crippen LogP contribution in [0.3, 0.4) is 0 Å². The van der Waals surface area contributed by atoms with Crippen LogP contribution in [0, 0.1) is 0 Å². The van der Waals surface area contributed by atoms with Gasteiger partial charge in [0, 0.05) is 5.56 Å². The summed E-state index contributed by atoms with van der Waals surface area (Å²) in [4.78, 5) is 12.3. The van der Waals surface area contributed by atoms with Gasteiger partial charge >= 0.3 is 5.97 Å². The van der Waals surface area contributed by atoms with Crippen molar-refractivity contribution in [1.29, 1.82) is 0 Å². The summed E-state index contributed by atoms with van der Waals surface area (Å²) in [5.74, 6) is 1.36. The first kappa shape index (κ1) is 17.1. The molecule has 0 radical (unpaired) electrons. The third kappa shape index (κ3) is 3.38. The second-order valence-electron chi connectivity index (χ2n) is 6.32. The third-order valence-electron chi connectivity index (χ3n) is 4.39. The van der Waals surface area contributed by atoms with Crippen LogP contribution in [0.15, 0.2) is 36.4 Å². The molecule has 0 amide bonds. The number of fused-ring (bicyclic) bond motifs is 1. The Morgan fingerprint density at radius 1 is 1.04 bits per heavy atom. The monoisotopic (exact) mass is 338 g/mol. The number of esters is 1. The number of carbonyl (C=O) groups excluding carboxylic acids is 1. The number of benzene rings is 2. The maximum Gasteiger partial charge on any atom is 0.339 e. The molecule has 1 aliphatic heterocycles. The second-order valence-corrected chi connectivity index (χ2v) is 6.32. The maximum absolute atomic E-state index is 12.3. The number of carbonyl (C=O) groups is 1. The number of ether oxygens (including phenoxy) is 3. The Kier molecular flexibility index (Phi) is 4.79. The zero-order valence-corrected chi connectivity index (χ0v) is 15.0. The molecule has 2 aromatic rings. The molecule has 0 bridgehead atoms. The van der Waals surface area contributed by atoms with Crippen molar-refractivity contribution in [1.82, 2.24) is 0 Å². The largest absolute Gasteiger partial charge is 0.493 e. The summed E-state index contributed by atoms with van der Waals surface area (Å²) < 4.78 is 16.0. The zero-order chi connectivity index (χ0) is 18.0. The van der Waals surface area contributed by atoms with Crippen molar-refractivity contribution >= 4 is 17.6 Å². The van der Waals surface area contributed by atoms with E-state index in [2.05, 4.69) is 26.0 Å². The molecule has 0 aromatic heterocycles. The first-order valence-corrected chi connectivity index (χ1v) is 8.27. The van der Waals surface area contributed by atoms with Crippen LogP contribution in [-0.4, -0.2) is 20.2 Å². The lowest BCUT2D eigenvalue weighted by atomic mass is 9.94. The van der Waals surface area contributed by atoms with Crippen LogP contribution in [-0.2, 0) is 16.1 Å². The summed E-state index contributed by atoms with van der Waals surface area (Å²) in [6.07, 6.45) is 1.86. The number of cyclic esters (lactones) is 1. The summed E-state index contributed by atoms with van der Waals surface area (Å²) >= 11 is 0. The maximum atomic E-state index is 12.3. The first-order chi connectivity index (χ1) is 12.0. The van der Waals surface area contributed by atoms with Crippen molar-refractivity contribution in [2.24, 2.45) is 0 Å². The van der Waals surface area contributed by atoms with Gasteiger partial charge in [-0.3, -0.25) is 0 Å². The minimum Gasteiger partial charge on any atom is -0.493 e. The van der Waals surface area contributed by atoms with Gasteiger partial charge in [-0.15, -0.1) is 0 Å². The molecule has 2 aromatic carbocycles. The second kappa shape index (κ2) is 7.01. The van der Waals surface area contributed by atoms with E-state index in [1.807, 2.05) is 30.3 Å². The molecule has 4 nitrogen and oxygen atoms in total. The molecule has 0 N–H and O–H groups in total. The van der Waals surface area contributed by atoms with Crippen molar-refractivity contribution < 1.29 is 19.0 Å². The number of rotatable bonds is 4. The van der Waals surface area contributed by atoms with Gasteiger partial charge in [0.05, 0.1) is 19.8 Å². The average molecular weight is 338 g/mol.